The van der Waals surface area contributed by atoms with Crippen LogP contribution in [0.25, 0.3) is 6.08 Å². The third-order valence-electron chi connectivity index (χ3n) is 4.11. The van der Waals surface area contributed by atoms with Crippen LogP contribution in [-0.2, 0) is 16.1 Å². The number of ether oxygens (including phenoxy) is 2. The third kappa shape index (κ3) is 5.46. The van der Waals surface area contributed by atoms with Gasteiger partial charge in [-0.25, -0.2) is 4.79 Å². The molecule has 1 saturated heterocycles. The van der Waals surface area contributed by atoms with Crippen molar-refractivity contribution in [2.45, 2.75) is 6.54 Å². The summed E-state index contributed by atoms with van der Waals surface area (Å²) in [6.45, 7) is -0.592. The molecule has 11 heteroatoms. The number of methoxy groups -OCH3 is 1. The van der Waals surface area contributed by atoms with Crippen molar-refractivity contribution in [2.24, 2.45) is 0 Å². The van der Waals surface area contributed by atoms with Crippen molar-refractivity contribution < 1.29 is 29.0 Å². The van der Waals surface area contributed by atoms with Crippen molar-refractivity contribution in [1.29, 1.82) is 0 Å². The lowest BCUT2D eigenvalue weighted by Gasteiger charge is -2.14. The van der Waals surface area contributed by atoms with Crippen LogP contribution >= 0.6 is 46.6 Å². The number of thioether (sulfide) groups is 1. The normalized spacial score (nSPS) is 15.0. The van der Waals surface area contributed by atoms with E-state index in [1.807, 2.05) is 0 Å². The molecular formula is C20H14Cl3NO6S. The Morgan fingerprint density at radius 1 is 1.16 bits per heavy atom. The topological polar surface area (TPSA) is 93.1 Å². The largest absolute Gasteiger partial charge is 0.493 e. The number of halogens is 3. The zero-order valence-corrected chi connectivity index (χ0v) is 18.9. The predicted molar refractivity (Wildman–Crippen MR) is 119 cm³/mol. The minimum atomic E-state index is -1.17. The number of hydrogen-bond acceptors (Lipinski definition) is 6. The van der Waals surface area contributed by atoms with Gasteiger partial charge in [0.25, 0.3) is 11.1 Å². The van der Waals surface area contributed by atoms with E-state index in [4.69, 9.17) is 49.4 Å². The Hall–Kier alpha value is -2.39. The van der Waals surface area contributed by atoms with Gasteiger partial charge in [-0.3, -0.25) is 14.5 Å². The summed E-state index contributed by atoms with van der Waals surface area (Å²) in [7, 11) is 1.37. The highest BCUT2D eigenvalue weighted by molar-refractivity contribution is 8.18. The highest BCUT2D eigenvalue weighted by Crippen LogP contribution is 2.39. The molecule has 0 atom stereocenters. The number of amides is 2. The summed E-state index contributed by atoms with van der Waals surface area (Å²) in [5.41, 5.74) is 1.05. The molecule has 0 unspecified atom stereocenters. The molecule has 2 amide bonds. The number of aliphatic carboxylic acids is 1. The molecule has 0 spiro atoms. The quantitative estimate of drug-likeness (QED) is 0.510. The average Bonchev–Trinajstić information content (AvgIpc) is 2.95. The first-order valence-corrected chi connectivity index (χ1v) is 10.6. The van der Waals surface area contributed by atoms with Crippen LogP contribution in [0.5, 0.6) is 11.5 Å². The Balaban J connectivity index is 1.85. The number of carboxylic acids is 1. The number of rotatable bonds is 7. The van der Waals surface area contributed by atoms with Gasteiger partial charge in [0.05, 0.1) is 23.6 Å². The van der Waals surface area contributed by atoms with Crippen LogP contribution in [0.1, 0.15) is 11.1 Å². The Kier molecular flexibility index (Phi) is 7.38. The van der Waals surface area contributed by atoms with Crippen LogP contribution in [0.15, 0.2) is 35.2 Å². The fourth-order valence-electron chi connectivity index (χ4n) is 2.71. The molecule has 1 aliphatic rings. The average molecular weight is 503 g/mol. The molecule has 0 radical (unpaired) electrons. The summed E-state index contributed by atoms with van der Waals surface area (Å²) in [6, 6.07) is 7.81. The molecule has 1 fully saturated rings. The Morgan fingerprint density at radius 2 is 1.90 bits per heavy atom. The van der Waals surface area contributed by atoms with Gasteiger partial charge in [-0.1, -0.05) is 40.9 Å². The van der Waals surface area contributed by atoms with Crippen molar-refractivity contribution >= 4 is 69.8 Å². The molecular weight excluding hydrogens is 489 g/mol. The van der Waals surface area contributed by atoms with Crippen molar-refractivity contribution in [3.8, 4) is 11.5 Å². The second kappa shape index (κ2) is 9.82. The Bertz CT molecular complexity index is 1100. The number of nitrogens with zero attached hydrogens (tertiary/aromatic N) is 1. The molecule has 0 bridgehead atoms. The van der Waals surface area contributed by atoms with Gasteiger partial charge < -0.3 is 14.6 Å². The van der Waals surface area contributed by atoms with Gasteiger partial charge >= 0.3 is 5.97 Å². The molecule has 31 heavy (non-hydrogen) atoms. The zero-order chi connectivity index (χ0) is 22.7. The maximum absolute atomic E-state index is 12.8. The van der Waals surface area contributed by atoms with E-state index in [9.17, 15) is 14.4 Å². The number of hydrogen-bond donors (Lipinski definition) is 1. The fraction of sp³-hybridized carbons (Fsp3) is 0.150. The lowest BCUT2D eigenvalue weighted by molar-refractivity contribution is -0.139. The summed E-state index contributed by atoms with van der Waals surface area (Å²) in [5.74, 6) is -1.40. The molecule has 0 aliphatic carbocycles. The molecule has 1 aliphatic heterocycles. The molecule has 0 saturated carbocycles. The van der Waals surface area contributed by atoms with E-state index < -0.39 is 23.7 Å². The SMILES string of the molecule is COc1cc(/C=C2\SC(=O)N(Cc3ccc(Cl)cc3Cl)C2=O)cc(Cl)c1OCC(=O)O. The summed E-state index contributed by atoms with van der Waals surface area (Å²) in [4.78, 5) is 37.2. The van der Waals surface area contributed by atoms with Gasteiger partial charge in [-0.15, -0.1) is 0 Å². The van der Waals surface area contributed by atoms with Crippen LogP contribution in [0, 0.1) is 0 Å². The van der Waals surface area contributed by atoms with Crippen LogP contribution in [0.3, 0.4) is 0 Å². The number of carboxylic acid groups (broad SMARTS) is 1. The Labute approximate surface area is 196 Å². The second-order valence-corrected chi connectivity index (χ2v) is 8.46. The van der Waals surface area contributed by atoms with E-state index >= 15 is 0 Å². The van der Waals surface area contributed by atoms with Crippen molar-refractivity contribution in [3.05, 3.63) is 61.4 Å². The molecule has 162 valence electrons. The van der Waals surface area contributed by atoms with Crippen molar-refractivity contribution in [1.82, 2.24) is 4.90 Å². The van der Waals surface area contributed by atoms with Crippen LogP contribution in [-0.4, -0.2) is 40.8 Å². The summed E-state index contributed by atoms with van der Waals surface area (Å²) < 4.78 is 10.4. The smallest absolute Gasteiger partial charge is 0.341 e. The van der Waals surface area contributed by atoms with Crippen LogP contribution in [0.4, 0.5) is 4.79 Å². The van der Waals surface area contributed by atoms with E-state index in [0.29, 0.717) is 21.2 Å². The first-order chi connectivity index (χ1) is 14.7. The molecule has 2 aromatic rings. The van der Waals surface area contributed by atoms with Crippen LogP contribution < -0.4 is 9.47 Å². The van der Waals surface area contributed by atoms with E-state index in [0.717, 1.165) is 16.7 Å². The van der Waals surface area contributed by atoms with Gasteiger partial charge in [-0.05, 0) is 53.2 Å². The maximum Gasteiger partial charge on any atom is 0.341 e. The van der Waals surface area contributed by atoms with Crippen molar-refractivity contribution in [2.75, 3.05) is 13.7 Å². The standard InChI is InChI=1S/C20H14Cl3NO6S/c1-29-15-5-10(4-14(23)18(15)30-9-17(25)26)6-16-19(27)24(20(28)31-16)8-11-2-3-12(21)7-13(11)22/h2-7H,8-9H2,1H3,(H,25,26)/b16-6-. The minimum Gasteiger partial charge on any atom is -0.493 e. The van der Waals surface area contributed by atoms with Crippen molar-refractivity contribution in [3.63, 3.8) is 0 Å². The third-order valence-corrected chi connectivity index (χ3v) is 5.88. The number of benzene rings is 2. The highest BCUT2D eigenvalue weighted by atomic mass is 35.5. The number of imide groups is 1. The second-order valence-electron chi connectivity index (χ2n) is 6.22. The van der Waals surface area contributed by atoms with Gasteiger partial charge in [0.15, 0.2) is 18.1 Å². The molecule has 2 aromatic carbocycles. The Morgan fingerprint density at radius 3 is 2.55 bits per heavy atom. The monoisotopic (exact) mass is 501 g/mol. The van der Waals surface area contributed by atoms with E-state index in [-0.39, 0.29) is 28.0 Å². The summed E-state index contributed by atoms with van der Waals surface area (Å²) in [6.07, 6.45) is 1.49. The minimum absolute atomic E-state index is 0.00402. The van der Waals surface area contributed by atoms with Crippen LogP contribution in [0.2, 0.25) is 15.1 Å². The van der Waals surface area contributed by atoms with E-state index in [2.05, 4.69) is 0 Å². The summed E-state index contributed by atoms with van der Waals surface area (Å²) in [5, 5.41) is 9.23. The lowest BCUT2D eigenvalue weighted by Crippen LogP contribution is -2.27. The molecule has 3 rings (SSSR count). The number of carbonyl (C=O) groups excluding carboxylic acids is 2. The molecule has 0 aromatic heterocycles. The molecule has 1 N–H and O–H groups in total. The van der Waals surface area contributed by atoms with Gasteiger partial charge in [0, 0.05) is 10.0 Å². The number of carbonyl (C=O) groups is 3. The highest BCUT2D eigenvalue weighted by Gasteiger charge is 2.35. The molecule has 1 heterocycles. The summed E-state index contributed by atoms with van der Waals surface area (Å²) >= 11 is 19.0. The van der Waals surface area contributed by atoms with E-state index in [1.165, 1.54) is 31.4 Å². The fourth-order valence-corrected chi connectivity index (χ4v) is 4.29. The first-order valence-electron chi connectivity index (χ1n) is 8.61. The maximum atomic E-state index is 12.8. The van der Waals surface area contributed by atoms with Gasteiger partial charge in [-0.2, -0.15) is 0 Å². The molecule has 7 nitrogen and oxygen atoms in total. The lowest BCUT2D eigenvalue weighted by atomic mass is 10.1. The van der Waals surface area contributed by atoms with E-state index in [1.54, 1.807) is 12.1 Å². The zero-order valence-electron chi connectivity index (χ0n) is 15.9. The predicted octanol–water partition coefficient (Wildman–Crippen LogP) is 5.36. The first kappa shape index (κ1) is 23.3. The van der Waals surface area contributed by atoms with Gasteiger partial charge in [0.1, 0.15) is 0 Å². The van der Waals surface area contributed by atoms with Gasteiger partial charge in [0.2, 0.25) is 0 Å².